The average Bonchev–Trinajstić information content (AvgIpc) is 3.12. The molecule has 2 heterocycles. The summed E-state index contributed by atoms with van der Waals surface area (Å²) in [6.07, 6.45) is 5.01. The van der Waals surface area contributed by atoms with Gasteiger partial charge in [0.25, 0.3) is 0 Å². The van der Waals surface area contributed by atoms with E-state index in [9.17, 15) is 0 Å². The lowest BCUT2D eigenvalue weighted by atomic mass is 10.0. The molecule has 0 aromatic heterocycles. The number of rotatable bonds is 5. The molecule has 0 saturated carbocycles. The highest BCUT2D eigenvalue weighted by molar-refractivity contribution is 5.43. The van der Waals surface area contributed by atoms with E-state index in [1.807, 2.05) is 0 Å². The Kier molecular flexibility index (Phi) is 4.66. The second-order valence-electron chi connectivity index (χ2n) is 6.27. The van der Waals surface area contributed by atoms with Crippen molar-refractivity contribution in [3.8, 4) is 11.5 Å². The summed E-state index contributed by atoms with van der Waals surface area (Å²) < 4.78 is 11.6. The lowest BCUT2D eigenvalue weighted by molar-refractivity contribution is 0.199. The molecule has 1 aromatic carbocycles. The molecule has 0 amide bonds. The summed E-state index contributed by atoms with van der Waals surface area (Å²) in [6, 6.07) is 7.00. The fourth-order valence-corrected chi connectivity index (χ4v) is 3.32. The van der Waals surface area contributed by atoms with Crippen molar-refractivity contribution < 1.29 is 9.47 Å². The number of nitrogens with zero attached hydrogens (tertiary/aromatic N) is 1. The number of hydrogen-bond donors (Lipinski definition) is 1. The Labute approximate surface area is 127 Å². The van der Waals surface area contributed by atoms with E-state index >= 15 is 0 Å². The first-order valence-corrected chi connectivity index (χ1v) is 8.00. The van der Waals surface area contributed by atoms with Gasteiger partial charge in [-0.1, -0.05) is 6.07 Å². The third-order valence-electron chi connectivity index (χ3n) is 4.51. The van der Waals surface area contributed by atoms with E-state index in [-0.39, 0.29) is 6.10 Å². The molecule has 0 aliphatic carbocycles. The smallest absolute Gasteiger partial charge is 0.161 e. The zero-order chi connectivity index (χ0) is 14.7. The van der Waals surface area contributed by atoms with E-state index in [0.29, 0.717) is 6.04 Å². The Balaban J connectivity index is 1.66. The minimum absolute atomic E-state index is 0.284. The number of hydrogen-bond acceptors (Lipinski definition) is 4. The number of benzene rings is 1. The van der Waals surface area contributed by atoms with Gasteiger partial charge >= 0.3 is 0 Å². The van der Waals surface area contributed by atoms with Crippen LogP contribution in [0, 0.1) is 0 Å². The number of methoxy groups -OCH3 is 1. The summed E-state index contributed by atoms with van der Waals surface area (Å²) in [5.74, 6) is 1.74. The number of likely N-dealkylation sites (tertiary alicyclic amines) is 1. The molecule has 116 valence electrons. The van der Waals surface area contributed by atoms with Gasteiger partial charge in [-0.3, -0.25) is 0 Å². The molecular weight excluding hydrogens is 264 g/mol. The third kappa shape index (κ3) is 3.69. The van der Waals surface area contributed by atoms with Crippen LogP contribution in [0.4, 0.5) is 0 Å². The van der Waals surface area contributed by atoms with Gasteiger partial charge in [-0.15, -0.1) is 0 Å². The molecule has 2 saturated heterocycles. The van der Waals surface area contributed by atoms with Gasteiger partial charge in [-0.2, -0.15) is 0 Å². The Morgan fingerprint density at radius 3 is 2.86 bits per heavy atom. The molecule has 0 bridgehead atoms. The van der Waals surface area contributed by atoms with Gasteiger partial charge in [-0.25, -0.2) is 0 Å². The van der Waals surface area contributed by atoms with Crippen LogP contribution in [0.15, 0.2) is 18.2 Å². The SMILES string of the molecule is COc1cc(CC2CCCN2)ccc1OC1CCN(C)C1. The molecule has 1 aromatic rings. The average molecular weight is 290 g/mol. The normalized spacial score (nSPS) is 26.2. The Bertz CT molecular complexity index is 472. The topological polar surface area (TPSA) is 33.7 Å². The summed E-state index contributed by atoms with van der Waals surface area (Å²) in [5.41, 5.74) is 1.32. The fraction of sp³-hybridized carbons (Fsp3) is 0.647. The number of nitrogens with one attached hydrogen (secondary N) is 1. The second kappa shape index (κ2) is 6.67. The zero-order valence-corrected chi connectivity index (χ0v) is 13.1. The van der Waals surface area contributed by atoms with Crippen LogP contribution in [-0.2, 0) is 6.42 Å². The van der Waals surface area contributed by atoms with Crippen LogP contribution in [-0.4, -0.2) is 50.8 Å². The lowest BCUT2D eigenvalue weighted by Crippen LogP contribution is -2.23. The molecule has 0 radical (unpaired) electrons. The van der Waals surface area contributed by atoms with Crippen LogP contribution in [0.1, 0.15) is 24.8 Å². The minimum Gasteiger partial charge on any atom is -0.493 e. The van der Waals surface area contributed by atoms with Crippen LogP contribution in [0.2, 0.25) is 0 Å². The highest BCUT2D eigenvalue weighted by Gasteiger charge is 2.22. The largest absolute Gasteiger partial charge is 0.493 e. The van der Waals surface area contributed by atoms with Gasteiger partial charge < -0.3 is 19.7 Å². The first kappa shape index (κ1) is 14.7. The molecular formula is C17H26N2O2. The molecule has 2 atom stereocenters. The number of likely N-dealkylation sites (N-methyl/N-ethyl adjacent to an activating group) is 1. The standard InChI is InChI=1S/C17H26N2O2/c1-19-9-7-15(12-19)21-16-6-5-13(11-17(16)20-2)10-14-4-3-8-18-14/h5-6,11,14-15,18H,3-4,7-10,12H2,1-2H3. The maximum absolute atomic E-state index is 6.11. The van der Waals surface area contributed by atoms with Gasteiger partial charge in [0.15, 0.2) is 11.5 Å². The van der Waals surface area contributed by atoms with Gasteiger partial charge in [0.2, 0.25) is 0 Å². The quantitative estimate of drug-likeness (QED) is 0.900. The van der Waals surface area contributed by atoms with Crippen LogP contribution < -0.4 is 14.8 Å². The molecule has 3 rings (SSSR count). The summed E-state index contributed by atoms with van der Waals surface area (Å²) in [4.78, 5) is 2.30. The highest BCUT2D eigenvalue weighted by atomic mass is 16.5. The van der Waals surface area contributed by atoms with Crippen molar-refractivity contribution in [2.24, 2.45) is 0 Å². The van der Waals surface area contributed by atoms with Crippen LogP contribution in [0.3, 0.4) is 0 Å². The molecule has 0 spiro atoms. The van der Waals surface area contributed by atoms with Crippen molar-refractivity contribution in [1.82, 2.24) is 10.2 Å². The third-order valence-corrected chi connectivity index (χ3v) is 4.51. The van der Waals surface area contributed by atoms with E-state index in [4.69, 9.17) is 9.47 Å². The van der Waals surface area contributed by atoms with Crippen molar-refractivity contribution in [1.29, 1.82) is 0 Å². The maximum atomic E-state index is 6.11. The first-order valence-electron chi connectivity index (χ1n) is 8.00. The van der Waals surface area contributed by atoms with Crippen molar-refractivity contribution in [3.05, 3.63) is 23.8 Å². The molecule has 4 nitrogen and oxygen atoms in total. The zero-order valence-electron chi connectivity index (χ0n) is 13.1. The molecule has 4 heteroatoms. The molecule has 2 fully saturated rings. The van der Waals surface area contributed by atoms with Crippen molar-refractivity contribution in [3.63, 3.8) is 0 Å². The minimum atomic E-state index is 0.284. The van der Waals surface area contributed by atoms with E-state index in [1.54, 1.807) is 7.11 Å². The van der Waals surface area contributed by atoms with Crippen LogP contribution in [0.5, 0.6) is 11.5 Å². The predicted molar refractivity (Wildman–Crippen MR) is 84.3 cm³/mol. The second-order valence-corrected chi connectivity index (χ2v) is 6.27. The molecule has 21 heavy (non-hydrogen) atoms. The predicted octanol–water partition coefficient (Wildman–Crippen LogP) is 2.07. The molecule has 2 aliphatic heterocycles. The highest BCUT2D eigenvalue weighted by Crippen LogP contribution is 2.31. The summed E-state index contributed by atoms with van der Waals surface area (Å²) in [6.45, 7) is 3.26. The Hall–Kier alpha value is -1.26. The maximum Gasteiger partial charge on any atom is 0.161 e. The van der Waals surface area contributed by atoms with Gasteiger partial charge in [0, 0.05) is 19.1 Å². The molecule has 1 N–H and O–H groups in total. The van der Waals surface area contributed by atoms with Crippen LogP contribution >= 0.6 is 0 Å². The van der Waals surface area contributed by atoms with E-state index < -0.39 is 0 Å². The lowest BCUT2D eigenvalue weighted by Gasteiger charge is -2.18. The monoisotopic (exact) mass is 290 g/mol. The molecule has 2 unspecified atom stereocenters. The van der Waals surface area contributed by atoms with Crippen LogP contribution in [0.25, 0.3) is 0 Å². The van der Waals surface area contributed by atoms with Gasteiger partial charge in [-0.05, 0) is 57.0 Å². The Morgan fingerprint density at radius 1 is 1.29 bits per heavy atom. The van der Waals surface area contributed by atoms with E-state index in [0.717, 1.165) is 44.0 Å². The fourth-order valence-electron chi connectivity index (χ4n) is 3.32. The van der Waals surface area contributed by atoms with E-state index in [1.165, 1.54) is 18.4 Å². The van der Waals surface area contributed by atoms with Gasteiger partial charge in [0.05, 0.1) is 7.11 Å². The van der Waals surface area contributed by atoms with Crippen molar-refractivity contribution >= 4 is 0 Å². The van der Waals surface area contributed by atoms with Gasteiger partial charge in [0.1, 0.15) is 6.10 Å². The van der Waals surface area contributed by atoms with Crippen molar-refractivity contribution in [2.45, 2.75) is 37.8 Å². The molecule has 2 aliphatic rings. The summed E-state index contributed by atoms with van der Waals surface area (Å²) >= 11 is 0. The van der Waals surface area contributed by atoms with E-state index in [2.05, 4.69) is 35.5 Å². The summed E-state index contributed by atoms with van der Waals surface area (Å²) in [5, 5.41) is 3.54. The summed E-state index contributed by atoms with van der Waals surface area (Å²) in [7, 11) is 3.86. The number of ether oxygens (including phenoxy) is 2. The van der Waals surface area contributed by atoms with Crippen molar-refractivity contribution in [2.75, 3.05) is 33.8 Å². The first-order chi connectivity index (χ1) is 10.2. The Morgan fingerprint density at radius 2 is 2.19 bits per heavy atom.